The van der Waals surface area contributed by atoms with Crippen molar-refractivity contribution in [1.82, 2.24) is 9.78 Å². The summed E-state index contributed by atoms with van der Waals surface area (Å²) in [6.07, 6.45) is 0. The lowest BCUT2D eigenvalue weighted by molar-refractivity contribution is 0.262. The van der Waals surface area contributed by atoms with Crippen molar-refractivity contribution in [3.63, 3.8) is 0 Å². The Balaban J connectivity index is 1.78. The van der Waals surface area contributed by atoms with Gasteiger partial charge < -0.3 is 15.4 Å². The highest BCUT2D eigenvalue weighted by atomic mass is 19.1. The van der Waals surface area contributed by atoms with Crippen LogP contribution in [0.1, 0.15) is 22.5 Å². The summed E-state index contributed by atoms with van der Waals surface area (Å²) < 4.78 is 20.9. The van der Waals surface area contributed by atoms with Crippen molar-refractivity contribution in [3.8, 4) is 5.75 Å². The van der Waals surface area contributed by atoms with Crippen LogP contribution in [0.25, 0.3) is 0 Å². The molecule has 146 valence electrons. The molecule has 0 aliphatic heterocycles. The Morgan fingerprint density at radius 1 is 1.14 bits per heavy atom. The highest BCUT2D eigenvalue weighted by Gasteiger charge is 2.16. The highest BCUT2D eigenvalue weighted by molar-refractivity contribution is 6.01. The molecule has 3 rings (SSSR count). The minimum atomic E-state index is -0.402. The Kier molecular flexibility index (Phi) is 5.63. The summed E-state index contributed by atoms with van der Waals surface area (Å²) in [6.45, 7) is 5.86. The van der Waals surface area contributed by atoms with Crippen LogP contribution in [0.2, 0.25) is 0 Å². The van der Waals surface area contributed by atoms with Crippen molar-refractivity contribution in [2.24, 2.45) is 0 Å². The molecule has 1 aromatic heterocycles. The van der Waals surface area contributed by atoms with Gasteiger partial charge in [-0.3, -0.25) is 4.68 Å². The summed E-state index contributed by atoms with van der Waals surface area (Å²) in [6, 6.07) is 11.7. The van der Waals surface area contributed by atoms with E-state index in [1.807, 2.05) is 26.0 Å². The summed E-state index contributed by atoms with van der Waals surface area (Å²) in [7, 11) is 1.55. The quantitative estimate of drug-likeness (QED) is 0.675. The maximum Gasteiger partial charge on any atom is 0.323 e. The van der Waals surface area contributed by atoms with Crippen LogP contribution in [-0.2, 0) is 6.54 Å². The molecule has 6 nitrogen and oxygen atoms in total. The van der Waals surface area contributed by atoms with E-state index in [0.29, 0.717) is 28.4 Å². The molecule has 2 aromatic carbocycles. The molecule has 0 aliphatic carbocycles. The van der Waals surface area contributed by atoms with Crippen molar-refractivity contribution in [2.75, 3.05) is 17.7 Å². The molecule has 0 atom stereocenters. The number of nitrogens with zero attached hydrogens (tertiary/aromatic N) is 2. The van der Waals surface area contributed by atoms with Crippen LogP contribution < -0.4 is 15.4 Å². The van der Waals surface area contributed by atoms with Gasteiger partial charge in [0.15, 0.2) is 0 Å². The first kappa shape index (κ1) is 19.4. The van der Waals surface area contributed by atoms with E-state index in [1.165, 1.54) is 6.07 Å². The zero-order valence-corrected chi connectivity index (χ0v) is 16.3. The molecule has 2 N–H and O–H groups in total. The van der Waals surface area contributed by atoms with Crippen LogP contribution >= 0.6 is 0 Å². The van der Waals surface area contributed by atoms with Gasteiger partial charge >= 0.3 is 6.03 Å². The number of anilines is 2. The molecule has 0 fully saturated rings. The number of carbonyl (C=O) groups is 1. The molecule has 2 amide bonds. The lowest BCUT2D eigenvalue weighted by Crippen LogP contribution is -2.20. The second-order valence-corrected chi connectivity index (χ2v) is 6.58. The predicted molar refractivity (Wildman–Crippen MR) is 108 cm³/mol. The lowest BCUT2D eigenvalue weighted by atomic mass is 10.2. The maximum absolute atomic E-state index is 13.9. The molecule has 0 unspecified atom stereocenters. The highest BCUT2D eigenvalue weighted by Crippen LogP contribution is 2.26. The first-order valence-corrected chi connectivity index (χ1v) is 8.89. The summed E-state index contributed by atoms with van der Waals surface area (Å²) in [5.74, 6) is 0.290. The number of ether oxygens (including phenoxy) is 1. The van der Waals surface area contributed by atoms with E-state index in [1.54, 1.807) is 43.0 Å². The Hall–Kier alpha value is -3.35. The monoisotopic (exact) mass is 382 g/mol. The fourth-order valence-electron chi connectivity index (χ4n) is 3.01. The minimum absolute atomic E-state index is 0.283. The van der Waals surface area contributed by atoms with Gasteiger partial charge in [-0.15, -0.1) is 0 Å². The zero-order chi connectivity index (χ0) is 20.3. The van der Waals surface area contributed by atoms with Gasteiger partial charge in [0.2, 0.25) is 0 Å². The average Bonchev–Trinajstić information content (AvgIpc) is 2.91. The van der Waals surface area contributed by atoms with Crippen molar-refractivity contribution in [3.05, 3.63) is 70.8 Å². The number of carbonyl (C=O) groups excluding carboxylic acids is 1. The molecule has 0 radical (unpaired) electrons. The number of aromatic nitrogens is 2. The number of methoxy groups -OCH3 is 1. The molecule has 7 heteroatoms. The molecular formula is C21H23FN4O2. The second-order valence-electron chi connectivity index (χ2n) is 6.58. The number of hydrogen-bond donors (Lipinski definition) is 2. The van der Waals surface area contributed by atoms with Crippen LogP contribution in [0.3, 0.4) is 0 Å². The summed E-state index contributed by atoms with van der Waals surface area (Å²) in [5.41, 5.74) is 4.11. The third-order valence-corrected chi connectivity index (χ3v) is 4.50. The average molecular weight is 382 g/mol. The van der Waals surface area contributed by atoms with E-state index < -0.39 is 6.03 Å². The number of benzene rings is 2. The number of aryl methyl sites for hydroxylation is 2. The molecule has 0 bridgehead atoms. The Bertz CT molecular complexity index is 1010. The number of hydrogen-bond acceptors (Lipinski definition) is 3. The molecular weight excluding hydrogens is 359 g/mol. The van der Waals surface area contributed by atoms with Crippen molar-refractivity contribution in [1.29, 1.82) is 0 Å². The van der Waals surface area contributed by atoms with Crippen LogP contribution in [0.4, 0.5) is 20.6 Å². The molecule has 3 aromatic rings. The number of amides is 2. The molecule has 1 heterocycles. The van der Waals surface area contributed by atoms with Crippen molar-refractivity contribution in [2.45, 2.75) is 27.3 Å². The second kappa shape index (κ2) is 8.12. The van der Waals surface area contributed by atoms with E-state index in [9.17, 15) is 9.18 Å². The van der Waals surface area contributed by atoms with E-state index in [2.05, 4.69) is 15.7 Å². The van der Waals surface area contributed by atoms with Crippen LogP contribution in [0.5, 0.6) is 5.75 Å². The normalized spacial score (nSPS) is 10.6. The SMILES string of the molecule is COc1ccc(C)cc1NC(=O)Nc1c(C)nn(Cc2ccccc2F)c1C. The van der Waals surface area contributed by atoms with Gasteiger partial charge in [-0.25, -0.2) is 9.18 Å². The van der Waals surface area contributed by atoms with E-state index >= 15 is 0 Å². The first-order chi connectivity index (χ1) is 13.4. The Morgan fingerprint density at radius 3 is 2.61 bits per heavy atom. The van der Waals surface area contributed by atoms with Crippen molar-refractivity contribution >= 4 is 17.4 Å². The minimum Gasteiger partial charge on any atom is -0.495 e. The molecule has 0 aliphatic rings. The number of urea groups is 1. The third kappa shape index (κ3) is 4.14. The Labute approximate surface area is 163 Å². The lowest BCUT2D eigenvalue weighted by Gasteiger charge is -2.12. The van der Waals surface area contributed by atoms with E-state index in [0.717, 1.165) is 11.3 Å². The van der Waals surface area contributed by atoms with Crippen LogP contribution in [0.15, 0.2) is 42.5 Å². The fourth-order valence-corrected chi connectivity index (χ4v) is 3.01. The van der Waals surface area contributed by atoms with Gasteiger partial charge in [0.25, 0.3) is 0 Å². The van der Waals surface area contributed by atoms with E-state index in [-0.39, 0.29) is 12.4 Å². The fraction of sp³-hybridized carbons (Fsp3) is 0.238. The Morgan fingerprint density at radius 2 is 1.89 bits per heavy atom. The van der Waals surface area contributed by atoms with Gasteiger partial charge in [0.05, 0.1) is 36.4 Å². The van der Waals surface area contributed by atoms with Gasteiger partial charge in [0, 0.05) is 5.56 Å². The standard InChI is InChI=1S/C21H23FN4O2/c1-13-9-10-19(28-4)18(11-13)23-21(27)24-20-14(2)25-26(15(20)3)12-16-7-5-6-8-17(16)22/h5-11H,12H2,1-4H3,(H2,23,24,27). The summed E-state index contributed by atoms with van der Waals surface area (Å²) >= 11 is 0. The largest absolute Gasteiger partial charge is 0.495 e. The van der Waals surface area contributed by atoms with Crippen LogP contribution in [0, 0.1) is 26.6 Å². The predicted octanol–water partition coefficient (Wildman–Crippen LogP) is 4.65. The molecule has 0 saturated carbocycles. The zero-order valence-electron chi connectivity index (χ0n) is 16.3. The van der Waals surface area contributed by atoms with E-state index in [4.69, 9.17) is 4.74 Å². The van der Waals surface area contributed by atoms with Crippen molar-refractivity contribution < 1.29 is 13.9 Å². The van der Waals surface area contributed by atoms with Gasteiger partial charge in [-0.05, 0) is 44.5 Å². The van der Waals surface area contributed by atoms with Gasteiger partial charge in [-0.2, -0.15) is 5.10 Å². The first-order valence-electron chi connectivity index (χ1n) is 8.89. The number of rotatable bonds is 5. The third-order valence-electron chi connectivity index (χ3n) is 4.50. The molecule has 0 spiro atoms. The number of halogens is 1. The van der Waals surface area contributed by atoms with Gasteiger partial charge in [-0.1, -0.05) is 24.3 Å². The topological polar surface area (TPSA) is 68.2 Å². The summed E-state index contributed by atoms with van der Waals surface area (Å²) in [4.78, 5) is 12.5. The smallest absolute Gasteiger partial charge is 0.323 e. The summed E-state index contributed by atoms with van der Waals surface area (Å²) in [5, 5.41) is 10.1. The van der Waals surface area contributed by atoms with Crippen LogP contribution in [-0.4, -0.2) is 22.9 Å². The molecule has 0 saturated heterocycles. The van der Waals surface area contributed by atoms with Gasteiger partial charge in [0.1, 0.15) is 11.6 Å². The maximum atomic E-state index is 13.9. The molecule has 28 heavy (non-hydrogen) atoms. The number of nitrogens with one attached hydrogen (secondary N) is 2.